The van der Waals surface area contributed by atoms with E-state index in [2.05, 4.69) is 46.6 Å². The van der Waals surface area contributed by atoms with Gasteiger partial charge in [-0.1, -0.05) is 19.9 Å². The normalized spacial score (nSPS) is 16.8. The highest BCUT2D eigenvalue weighted by atomic mass is 16.5. The number of aliphatic imine (C=N–C) groups is 1. The molecule has 7 nitrogen and oxygen atoms in total. The maximum absolute atomic E-state index is 5.50. The lowest BCUT2D eigenvalue weighted by Gasteiger charge is -2.36. The fourth-order valence-corrected chi connectivity index (χ4v) is 3.32. The van der Waals surface area contributed by atoms with Crippen molar-refractivity contribution in [2.75, 3.05) is 57.8 Å². The van der Waals surface area contributed by atoms with Crippen LogP contribution >= 0.6 is 0 Å². The molecule has 1 aromatic rings. The van der Waals surface area contributed by atoms with Gasteiger partial charge in [0.2, 0.25) is 0 Å². The number of unbranched alkanes of at least 4 members (excludes halogenated alkanes) is 1. The Kier molecular flexibility index (Phi) is 10.7. The summed E-state index contributed by atoms with van der Waals surface area (Å²) < 4.78 is 5.50. The topological polar surface area (TPSA) is 73.8 Å². The van der Waals surface area contributed by atoms with Crippen LogP contribution in [-0.2, 0) is 4.74 Å². The van der Waals surface area contributed by atoms with Crippen LogP contribution in [-0.4, -0.2) is 74.4 Å². The van der Waals surface area contributed by atoms with Crippen molar-refractivity contribution in [2.24, 2.45) is 10.9 Å². The fourth-order valence-electron chi connectivity index (χ4n) is 3.32. The van der Waals surface area contributed by atoms with Gasteiger partial charge < -0.3 is 20.7 Å². The summed E-state index contributed by atoms with van der Waals surface area (Å²) in [5.41, 5.74) is 0. The quantitative estimate of drug-likeness (QED) is 0.306. The Bertz CT molecular complexity index is 545. The van der Waals surface area contributed by atoms with Gasteiger partial charge >= 0.3 is 0 Å². The van der Waals surface area contributed by atoms with Crippen LogP contribution in [0.25, 0.3) is 0 Å². The van der Waals surface area contributed by atoms with Crippen molar-refractivity contribution in [1.82, 2.24) is 20.5 Å². The van der Waals surface area contributed by atoms with Gasteiger partial charge in [0.05, 0.1) is 19.8 Å². The zero-order valence-corrected chi connectivity index (χ0v) is 17.8. The molecule has 0 saturated carbocycles. The van der Waals surface area contributed by atoms with E-state index in [4.69, 9.17) is 9.73 Å². The summed E-state index contributed by atoms with van der Waals surface area (Å²) >= 11 is 0. The molecule has 1 aliphatic rings. The first kappa shape index (κ1) is 22.4. The third-order valence-corrected chi connectivity index (χ3v) is 4.93. The van der Waals surface area contributed by atoms with Crippen molar-refractivity contribution in [2.45, 2.75) is 39.7 Å². The number of morpholine rings is 1. The maximum Gasteiger partial charge on any atom is 0.191 e. The molecule has 2 heterocycles. The minimum atomic E-state index is 0.460. The molecule has 1 fully saturated rings. The molecular weight excluding hydrogens is 352 g/mol. The Morgan fingerprint density at radius 3 is 2.64 bits per heavy atom. The van der Waals surface area contributed by atoms with Gasteiger partial charge in [-0.25, -0.2) is 4.98 Å². The molecule has 0 aliphatic carbocycles. The fraction of sp³-hybridized carbons (Fsp3) is 0.714. The van der Waals surface area contributed by atoms with Gasteiger partial charge in [0.1, 0.15) is 5.82 Å². The number of ether oxygens (including phenoxy) is 1. The van der Waals surface area contributed by atoms with E-state index in [0.717, 1.165) is 77.1 Å². The molecule has 158 valence electrons. The lowest BCUT2D eigenvalue weighted by molar-refractivity contribution is 0.00867. The van der Waals surface area contributed by atoms with Crippen LogP contribution in [0.3, 0.4) is 0 Å². The van der Waals surface area contributed by atoms with Crippen molar-refractivity contribution in [3.63, 3.8) is 0 Å². The second-order valence-electron chi connectivity index (χ2n) is 7.45. The van der Waals surface area contributed by atoms with Crippen LogP contribution in [0.2, 0.25) is 0 Å². The summed E-state index contributed by atoms with van der Waals surface area (Å²) in [7, 11) is 0. The third-order valence-electron chi connectivity index (χ3n) is 4.93. The summed E-state index contributed by atoms with van der Waals surface area (Å²) in [6.07, 6.45) is 3.98. The third kappa shape index (κ3) is 8.44. The van der Waals surface area contributed by atoms with Crippen LogP contribution in [0.15, 0.2) is 29.4 Å². The molecule has 0 radical (unpaired) electrons. The number of hydrogen-bond donors (Lipinski definition) is 3. The lowest BCUT2D eigenvalue weighted by Crippen LogP contribution is -2.48. The average Bonchev–Trinajstić information content (AvgIpc) is 2.72. The maximum atomic E-state index is 5.50. The summed E-state index contributed by atoms with van der Waals surface area (Å²) in [5, 5.41) is 10.2. The van der Waals surface area contributed by atoms with Gasteiger partial charge in [-0.2, -0.15) is 0 Å². The molecule has 1 saturated heterocycles. The summed E-state index contributed by atoms with van der Waals surface area (Å²) in [6.45, 7) is 13.9. The Morgan fingerprint density at radius 1 is 1.18 bits per heavy atom. The van der Waals surface area contributed by atoms with Gasteiger partial charge in [-0.3, -0.25) is 9.89 Å². The van der Waals surface area contributed by atoms with Gasteiger partial charge in [0.25, 0.3) is 0 Å². The molecule has 0 bridgehead atoms. The Labute approximate surface area is 170 Å². The number of nitrogens with zero attached hydrogens (tertiary/aromatic N) is 3. The van der Waals surface area contributed by atoms with Crippen molar-refractivity contribution in [3.8, 4) is 0 Å². The number of guanidine groups is 1. The van der Waals surface area contributed by atoms with Crippen LogP contribution in [0.1, 0.15) is 33.6 Å². The zero-order chi connectivity index (χ0) is 20.0. The highest BCUT2D eigenvalue weighted by Gasteiger charge is 2.23. The molecular formula is C21H38N6O. The lowest BCUT2D eigenvalue weighted by atomic mass is 10.0. The van der Waals surface area contributed by atoms with Crippen LogP contribution < -0.4 is 16.0 Å². The smallest absolute Gasteiger partial charge is 0.191 e. The number of pyridine rings is 1. The summed E-state index contributed by atoms with van der Waals surface area (Å²) in [6, 6.07) is 6.38. The number of anilines is 1. The first-order valence-corrected chi connectivity index (χ1v) is 10.7. The summed E-state index contributed by atoms with van der Waals surface area (Å²) in [4.78, 5) is 11.7. The number of aromatic nitrogens is 1. The van der Waals surface area contributed by atoms with E-state index in [9.17, 15) is 0 Å². The van der Waals surface area contributed by atoms with Crippen LogP contribution in [0, 0.1) is 5.92 Å². The van der Waals surface area contributed by atoms with E-state index in [1.807, 2.05) is 24.4 Å². The molecule has 1 unspecified atom stereocenters. The predicted octanol–water partition coefficient (Wildman–Crippen LogP) is 2.19. The van der Waals surface area contributed by atoms with Crippen molar-refractivity contribution in [1.29, 1.82) is 0 Å². The first-order chi connectivity index (χ1) is 13.7. The van der Waals surface area contributed by atoms with Gasteiger partial charge in [0, 0.05) is 45.0 Å². The molecule has 1 aromatic heterocycles. The predicted molar refractivity (Wildman–Crippen MR) is 117 cm³/mol. The minimum Gasteiger partial charge on any atom is -0.379 e. The zero-order valence-electron chi connectivity index (χ0n) is 17.8. The molecule has 1 atom stereocenters. The monoisotopic (exact) mass is 390 g/mol. The molecule has 0 amide bonds. The van der Waals surface area contributed by atoms with Crippen molar-refractivity contribution in [3.05, 3.63) is 24.4 Å². The van der Waals surface area contributed by atoms with E-state index >= 15 is 0 Å². The number of hydrogen-bond acceptors (Lipinski definition) is 5. The Morgan fingerprint density at radius 2 is 1.96 bits per heavy atom. The van der Waals surface area contributed by atoms with Crippen LogP contribution in [0.4, 0.5) is 5.82 Å². The van der Waals surface area contributed by atoms with E-state index in [1.165, 1.54) is 0 Å². The molecule has 3 N–H and O–H groups in total. The standard InChI is InChI=1S/C21H38N6O/c1-4-22-21(25-12-8-7-11-24-20-9-5-6-10-23-20)26-17-19(18(2)3)27-13-15-28-16-14-27/h5-6,9-10,18-19H,4,7-8,11-17H2,1-3H3,(H,23,24)(H2,22,25,26). The van der Waals surface area contributed by atoms with E-state index in [0.29, 0.717) is 12.0 Å². The van der Waals surface area contributed by atoms with Crippen molar-refractivity contribution < 1.29 is 4.74 Å². The SMILES string of the molecule is CCNC(=NCC(C(C)C)N1CCOCC1)NCCCCNc1ccccn1. The molecule has 0 aromatic carbocycles. The van der Waals surface area contributed by atoms with Gasteiger partial charge in [-0.15, -0.1) is 0 Å². The molecule has 7 heteroatoms. The molecule has 0 spiro atoms. The highest BCUT2D eigenvalue weighted by molar-refractivity contribution is 5.79. The highest BCUT2D eigenvalue weighted by Crippen LogP contribution is 2.13. The Balaban J connectivity index is 1.71. The van der Waals surface area contributed by atoms with Gasteiger partial charge in [0.15, 0.2) is 5.96 Å². The summed E-state index contributed by atoms with van der Waals surface area (Å²) in [5.74, 6) is 2.43. The Hall–Kier alpha value is -1.86. The number of nitrogens with one attached hydrogen (secondary N) is 3. The first-order valence-electron chi connectivity index (χ1n) is 10.7. The van der Waals surface area contributed by atoms with E-state index < -0.39 is 0 Å². The van der Waals surface area contributed by atoms with Crippen molar-refractivity contribution >= 4 is 11.8 Å². The minimum absolute atomic E-state index is 0.460. The van der Waals surface area contributed by atoms with Gasteiger partial charge in [-0.05, 0) is 37.8 Å². The largest absolute Gasteiger partial charge is 0.379 e. The second-order valence-corrected chi connectivity index (χ2v) is 7.45. The van der Waals surface area contributed by atoms with E-state index in [1.54, 1.807) is 0 Å². The number of rotatable bonds is 11. The van der Waals surface area contributed by atoms with Crippen LogP contribution in [0.5, 0.6) is 0 Å². The van der Waals surface area contributed by atoms with E-state index in [-0.39, 0.29) is 0 Å². The average molecular weight is 391 g/mol. The second kappa shape index (κ2) is 13.3. The molecule has 2 rings (SSSR count). The molecule has 1 aliphatic heterocycles. The molecule has 28 heavy (non-hydrogen) atoms.